The first-order valence-corrected chi connectivity index (χ1v) is 14.0. The molecule has 0 saturated carbocycles. The number of hydrogen-bond acceptors (Lipinski definition) is 4. The normalized spacial score (nSPS) is 25.6. The topological polar surface area (TPSA) is 55.8 Å². The van der Waals surface area contributed by atoms with E-state index < -0.39 is 0 Å². The van der Waals surface area contributed by atoms with Crippen LogP contribution >= 0.6 is 0 Å². The molecule has 0 aliphatic carbocycles. The number of ether oxygens (including phenoxy) is 2. The average Bonchev–Trinajstić information content (AvgIpc) is 2.78. The molecule has 0 aromatic rings. The zero-order chi connectivity index (χ0) is 25.7. The van der Waals surface area contributed by atoms with Crippen LogP contribution in [0, 0.1) is 17.8 Å². The molecule has 1 rings (SSSR count). The van der Waals surface area contributed by atoms with E-state index in [0.29, 0.717) is 24.0 Å². The van der Waals surface area contributed by atoms with Gasteiger partial charge in [-0.2, -0.15) is 0 Å². The lowest BCUT2D eigenvalue weighted by atomic mass is 9.85. The maximum absolute atomic E-state index is 12.8. The van der Waals surface area contributed by atoms with Gasteiger partial charge in [-0.15, -0.1) is 0 Å². The Hall–Kier alpha value is -0.970. The Morgan fingerprint density at radius 1 is 1.12 bits per heavy atom. The molecule has 1 aliphatic heterocycles. The number of carbonyl (C=O) groups excluding carboxylic acids is 1. The Balaban J connectivity index is 2.76. The molecule has 0 radical (unpaired) electrons. The van der Waals surface area contributed by atoms with Gasteiger partial charge < -0.3 is 14.6 Å². The van der Waals surface area contributed by atoms with Crippen molar-refractivity contribution in [1.29, 1.82) is 0 Å². The third-order valence-electron chi connectivity index (χ3n) is 7.25. The summed E-state index contributed by atoms with van der Waals surface area (Å²) in [6, 6.07) is 0. The number of aliphatic hydroxyl groups excluding tert-OH is 1. The summed E-state index contributed by atoms with van der Waals surface area (Å²) in [7, 11) is 0. The second-order valence-corrected chi connectivity index (χ2v) is 10.7. The third-order valence-corrected chi connectivity index (χ3v) is 7.25. The molecule has 4 unspecified atom stereocenters. The minimum atomic E-state index is -0.368. The van der Waals surface area contributed by atoms with Gasteiger partial charge in [0.2, 0.25) is 0 Å². The Bertz CT molecular complexity index is 628. The van der Waals surface area contributed by atoms with Crippen molar-refractivity contribution in [1.82, 2.24) is 0 Å². The predicted octanol–water partition coefficient (Wildman–Crippen LogP) is 7.79. The average molecular weight is 479 g/mol. The summed E-state index contributed by atoms with van der Waals surface area (Å²) < 4.78 is 12.7. The lowest BCUT2D eigenvalue weighted by Crippen LogP contribution is -2.41. The molecule has 1 saturated heterocycles. The van der Waals surface area contributed by atoms with Gasteiger partial charge in [0.1, 0.15) is 5.78 Å². The number of allylic oxidation sites excluding steroid dienone is 3. The van der Waals surface area contributed by atoms with Crippen LogP contribution in [0.3, 0.4) is 0 Å². The van der Waals surface area contributed by atoms with E-state index >= 15 is 0 Å². The highest BCUT2D eigenvalue weighted by Crippen LogP contribution is 2.31. The highest BCUT2D eigenvalue weighted by Gasteiger charge is 2.34. The fourth-order valence-electron chi connectivity index (χ4n) is 5.19. The molecule has 1 heterocycles. The van der Waals surface area contributed by atoms with Gasteiger partial charge >= 0.3 is 0 Å². The van der Waals surface area contributed by atoms with Crippen LogP contribution in [0.4, 0.5) is 0 Å². The fraction of sp³-hybridized carbons (Fsp3) is 0.833. The van der Waals surface area contributed by atoms with Crippen LogP contribution in [0.5, 0.6) is 0 Å². The number of hydrogen-bond donors (Lipinski definition) is 1. The maximum Gasteiger partial charge on any atom is 0.158 e. The molecule has 198 valence electrons. The monoisotopic (exact) mass is 478 g/mol. The Morgan fingerprint density at radius 3 is 2.41 bits per heavy atom. The van der Waals surface area contributed by atoms with Gasteiger partial charge in [-0.25, -0.2) is 0 Å². The molecule has 4 heteroatoms. The van der Waals surface area contributed by atoms with E-state index in [1.807, 2.05) is 19.9 Å². The van der Waals surface area contributed by atoms with Crippen molar-refractivity contribution in [2.45, 2.75) is 144 Å². The van der Waals surface area contributed by atoms with Gasteiger partial charge in [0.25, 0.3) is 0 Å². The SMILES string of the molecule is CC/C=C(CCCC[C@@H](C)[C@H](O[C@H]1CC(C)CC(C)O1)C(C)C(=O)CCC)\C(C)=C\C(O)CC. The first kappa shape index (κ1) is 31.1. The standard InChI is InChI=1S/C30H54O4/c1-9-14-26(23(6)20-27(31)11-3)17-13-12-16-22(5)30(25(8)28(32)15-10-2)34-29-19-21(4)18-24(7)33-29/h14,20-22,24-25,27,29-31H,9-13,15-19H2,1-8H3/b23-20+,26-14-/t21?,22-,24?,25?,27?,29+,30+/m1/s1. The van der Waals surface area contributed by atoms with Gasteiger partial charge in [-0.1, -0.05) is 60.1 Å². The molecule has 0 spiro atoms. The molecule has 0 aromatic heterocycles. The van der Waals surface area contributed by atoms with Crippen LogP contribution in [0.15, 0.2) is 23.3 Å². The minimum absolute atomic E-state index is 0.103. The quantitative estimate of drug-likeness (QED) is 0.182. The highest BCUT2D eigenvalue weighted by molar-refractivity contribution is 5.81. The number of rotatable bonds is 16. The van der Waals surface area contributed by atoms with Crippen LogP contribution in [-0.2, 0) is 14.3 Å². The van der Waals surface area contributed by atoms with Gasteiger partial charge in [0.15, 0.2) is 6.29 Å². The third kappa shape index (κ3) is 11.2. The molecule has 1 N–H and O–H groups in total. The van der Waals surface area contributed by atoms with Gasteiger partial charge in [-0.05, 0) is 81.8 Å². The number of aliphatic hydroxyl groups is 1. The lowest BCUT2D eigenvalue weighted by molar-refractivity contribution is -0.234. The van der Waals surface area contributed by atoms with E-state index in [1.165, 1.54) is 11.1 Å². The van der Waals surface area contributed by atoms with Gasteiger partial charge in [0, 0.05) is 18.8 Å². The molecule has 4 nitrogen and oxygen atoms in total. The first-order valence-electron chi connectivity index (χ1n) is 14.0. The van der Waals surface area contributed by atoms with Crippen molar-refractivity contribution >= 4 is 5.78 Å². The van der Waals surface area contributed by atoms with Crippen molar-refractivity contribution in [3.8, 4) is 0 Å². The van der Waals surface area contributed by atoms with Crippen LogP contribution < -0.4 is 0 Å². The molecule has 7 atom stereocenters. The second-order valence-electron chi connectivity index (χ2n) is 10.7. The van der Waals surface area contributed by atoms with Crippen molar-refractivity contribution in [2.75, 3.05) is 0 Å². The first-order chi connectivity index (χ1) is 16.1. The Labute approximate surface area is 210 Å². The molecule has 0 amide bonds. The van der Waals surface area contributed by atoms with Gasteiger partial charge in [0.05, 0.1) is 18.3 Å². The summed E-state index contributed by atoms with van der Waals surface area (Å²) in [5.41, 5.74) is 2.54. The second kappa shape index (κ2) is 16.7. The van der Waals surface area contributed by atoms with Crippen molar-refractivity contribution in [3.05, 3.63) is 23.3 Å². The summed E-state index contributed by atoms with van der Waals surface area (Å²) >= 11 is 0. The van der Waals surface area contributed by atoms with E-state index in [-0.39, 0.29) is 30.5 Å². The molecular weight excluding hydrogens is 424 g/mol. The Morgan fingerprint density at radius 2 is 1.82 bits per heavy atom. The van der Waals surface area contributed by atoms with Crippen LogP contribution in [0.2, 0.25) is 0 Å². The molecule has 1 fully saturated rings. The lowest BCUT2D eigenvalue weighted by Gasteiger charge is -2.37. The zero-order valence-corrected chi connectivity index (χ0v) is 23.4. The largest absolute Gasteiger partial charge is 0.389 e. The summed E-state index contributed by atoms with van der Waals surface area (Å²) in [5, 5.41) is 10.00. The summed E-state index contributed by atoms with van der Waals surface area (Å²) in [6.45, 7) is 17.0. The summed E-state index contributed by atoms with van der Waals surface area (Å²) in [6.07, 6.45) is 13.3. The van der Waals surface area contributed by atoms with E-state index in [0.717, 1.165) is 57.8 Å². The number of Topliss-reactive ketones (excluding diaryl/α,β-unsaturated/α-hetero) is 1. The van der Waals surface area contributed by atoms with Crippen molar-refractivity contribution in [2.24, 2.45) is 17.8 Å². The predicted molar refractivity (Wildman–Crippen MR) is 143 cm³/mol. The molecule has 0 bridgehead atoms. The molecule has 0 aromatic carbocycles. The van der Waals surface area contributed by atoms with Crippen molar-refractivity contribution < 1.29 is 19.4 Å². The van der Waals surface area contributed by atoms with Crippen LogP contribution in [0.25, 0.3) is 0 Å². The van der Waals surface area contributed by atoms with E-state index in [9.17, 15) is 9.90 Å². The molecule has 1 aliphatic rings. The van der Waals surface area contributed by atoms with Crippen LogP contribution in [-0.4, -0.2) is 35.5 Å². The van der Waals surface area contributed by atoms with Crippen LogP contribution in [0.1, 0.15) is 120 Å². The molecule has 34 heavy (non-hydrogen) atoms. The zero-order valence-electron chi connectivity index (χ0n) is 23.4. The smallest absolute Gasteiger partial charge is 0.158 e. The van der Waals surface area contributed by atoms with E-state index in [2.05, 4.69) is 47.6 Å². The number of unbranched alkanes of at least 4 members (excludes halogenated alkanes) is 1. The molecular formula is C30H54O4. The highest BCUT2D eigenvalue weighted by atomic mass is 16.7. The fourth-order valence-corrected chi connectivity index (χ4v) is 5.19. The number of carbonyl (C=O) groups is 1. The van der Waals surface area contributed by atoms with E-state index in [4.69, 9.17) is 9.47 Å². The maximum atomic E-state index is 12.8. The summed E-state index contributed by atoms with van der Waals surface area (Å²) in [5.74, 6) is 1.07. The van der Waals surface area contributed by atoms with E-state index in [1.54, 1.807) is 0 Å². The van der Waals surface area contributed by atoms with Crippen molar-refractivity contribution in [3.63, 3.8) is 0 Å². The minimum Gasteiger partial charge on any atom is -0.389 e. The summed E-state index contributed by atoms with van der Waals surface area (Å²) in [4.78, 5) is 12.8. The van der Waals surface area contributed by atoms with Gasteiger partial charge in [-0.3, -0.25) is 4.79 Å². The number of ketones is 1. The Kier molecular flexibility index (Phi) is 15.2.